The van der Waals surface area contributed by atoms with Gasteiger partial charge in [0.25, 0.3) is 5.91 Å². The number of nitrogens with two attached hydrogens (primary N) is 1. The van der Waals surface area contributed by atoms with Crippen molar-refractivity contribution in [2.24, 2.45) is 11.7 Å². The van der Waals surface area contributed by atoms with Gasteiger partial charge in [0.15, 0.2) is 0 Å². The number of rotatable bonds is 10. The fourth-order valence-corrected chi connectivity index (χ4v) is 4.37. The molecule has 4 aromatic carbocycles. The van der Waals surface area contributed by atoms with Crippen LogP contribution in [-0.4, -0.2) is 30.9 Å². The summed E-state index contributed by atoms with van der Waals surface area (Å²) in [6.07, 6.45) is 3.98. The minimum absolute atomic E-state index is 0.0563. The number of carbonyl (C=O) groups is 2. The lowest BCUT2D eigenvalue weighted by molar-refractivity contribution is -0.145. The van der Waals surface area contributed by atoms with Crippen molar-refractivity contribution >= 4 is 23.8 Å². The highest BCUT2D eigenvalue weighted by molar-refractivity contribution is 5.96. The van der Waals surface area contributed by atoms with Crippen molar-refractivity contribution in [3.63, 3.8) is 0 Å². The van der Waals surface area contributed by atoms with Gasteiger partial charge in [0.05, 0.1) is 19.1 Å². The molecule has 2 unspecified atom stereocenters. The quantitative estimate of drug-likeness (QED) is 0.147. The van der Waals surface area contributed by atoms with E-state index < -0.39 is 17.9 Å². The third kappa shape index (κ3) is 7.29. The number of benzene rings is 4. The highest BCUT2D eigenvalue weighted by Gasteiger charge is 2.29. The minimum atomic E-state index is -0.718. The standard InChI is InChI=1S/C33H31N3O3/c1-39-33(38)29(22-24-11-8-14-28(21-24)31(34)35)30(20-15-23-9-4-2-5-10-23)36-32(37)27-18-16-26(17-19-27)25-12-6-3-7-13-25/h2-21,29-30H,22H2,1H3,(H3,34,35)(H,36,37)/b20-15+. The molecule has 0 bridgehead atoms. The number of ether oxygens (including phenoxy) is 1. The summed E-state index contributed by atoms with van der Waals surface area (Å²) in [6, 6.07) is 33.5. The molecule has 39 heavy (non-hydrogen) atoms. The fourth-order valence-electron chi connectivity index (χ4n) is 4.37. The summed E-state index contributed by atoms with van der Waals surface area (Å²) in [5, 5.41) is 10.8. The molecule has 0 aliphatic rings. The Morgan fingerprint density at radius 2 is 1.49 bits per heavy atom. The number of amidine groups is 1. The molecule has 0 saturated heterocycles. The molecule has 0 aliphatic heterocycles. The summed E-state index contributed by atoms with van der Waals surface area (Å²) < 4.78 is 5.16. The van der Waals surface area contributed by atoms with Gasteiger partial charge in [-0.15, -0.1) is 0 Å². The molecule has 0 radical (unpaired) electrons. The normalized spacial score (nSPS) is 12.4. The van der Waals surface area contributed by atoms with Gasteiger partial charge in [-0.3, -0.25) is 15.0 Å². The lowest BCUT2D eigenvalue weighted by Crippen LogP contribution is -2.43. The SMILES string of the molecule is COC(=O)C(Cc1cccc(C(=N)N)c1)C(/C=C/c1ccccc1)NC(=O)c1ccc(-c2ccccc2)cc1. The number of esters is 1. The molecular formula is C33H31N3O3. The number of hydrogen-bond acceptors (Lipinski definition) is 4. The molecule has 1 amide bonds. The van der Waals surface area contributed by atoms with Crippen molar-refractivity contribution in [1.82, 2.24) is 5.32 Å². The molecule has 0 heterocycles. The highest BCUT2D eigenvalue weighted by Crippen LogP contribution is 2.21. The number of amides is 1. The Kier molecular flexibility index (Phi) is 9.03. The zero-order valence-electron chi connectivity index (χ0n) is 21.7. The predicted octanol–water partition coefficient (Wildman–Crippen LogP) is 5.48. The van der Waals surface area contributed by atoms with Crippen molar-refractivity contribution in [3.05, 3.63) is 138 Å². The molecule has 0 aliphatic carbocycles. The van der Waals surface area contributed by atoms with E-state index in [2.05, 4.69) is 5.32 Å². The Morgan fingerprint density at radius 1 is 0.846 bits per heavy atom. The maximum absolute atomic E-state index is 13.4. The van der Waals surface area contributed by atoms with Gasteiger partial charge in [0, 0.05) is 11.1 Å². The molecule has 0 fully saturated rings. The van der Waals surface area contributed by atoms with Gasteiger partial charge >= 0.3 is 5.97 Å². The van der Waals surface area contributed by atoms with E-state index in [0.717, 1.165) is 22.3 Å². The highest BCUT2D eigenvalue weighted by atomic mass is 16.5. The Labute approximate surface area is 228 Å². The maximum atomic E-state index is 13.4. The molecule has 0 spiro atoms. The summed E-state index contributed by atoms with van der Waals surface area (Å²) in [5.74, 6) is -1.53. The Bertz CT molecular complexity index is 1450. The summed E-state index contributed by atoms with van der Waals surface area (Å²) in [7, 11) is 1.34. The van der Waals surface area contributed by atoms with Gasteiger partial charge in [-0.05, 0) is 46.9 Å². The predicted molar refractivity (Wildman–Crippen MR) is 155 cm³/mol. The summed E-state index contributed by atoms with van der Waals surface area (Å²) in [4.78, 5) is 26.4. The Balaban J connectivity index is 1.63. The summed E-state index contributed by atoms with van der Waals surface area (Å²) in [5.41, 5.74) is 10.5. The number of methoxy groups -OCH3 is 1. The first-order valence-corrected chi connectivity index (χ1v) is 12.7. The number of carbonyl (C=O) groups excluding carboxylic acids is 2. The van der Waals surface area contributed by atoms with E-state index in [9.17, 15) is 9.59 Å². The molecule has 196 valence electrons. The average Bonchev–Trinajstić information content (AvgIpc) is 2.99. The smallest absolute Gasteiger partial charge is 0.311 e. The third-order valence-electron chi connectivity index (χ3n) is 6.48. The topological polar surface area (TPSA) is 105 Å². The zero-order valence-corrected chi connectivity index (χ0v) is 21.7. The van der Waals surface area contributed by atoms with Crippen LogP contribution < -0.4 is 11.1 Å². The van der Waals surface area contributed by atoms with E-state index >= 15 is 0 Å². The Morgan fingerprint density at radius 3 is 2.13 bits per heavy atom. The van der Waals surface area contributed by atoms with Crippen LogP contribution in [0.5, 0.6) is 0 Å². The van der Waals surface area contributed by atoms with E-state index in [-0.39, 0.29) is 18.2 Å². The van der Waals surface area contributed by atoms with Crippen molar-refractivity contribution in [3.8, 4) is 11.1 Å². The molecule has 6 heteroatoms. The Hall–Kier alpha value is -4.97. The van der Waals surface area contributed by atoms with Crippen LogP contribution in [0.3, 0.4) is 0 Å². The molecule has 0 saturated carbocycles. The van der Waals surface area contributed by atoms with E-state index in [1.165, 1.54) is 7.11 Å². The molecule has 0 aromatic heterocycles. The second-order valence-electron chi connectivity index (χ2n) is 9.16. The van der Waals surface area contributed by atoms with Crippen molar-refractivity contribution in [2.75, 3.05) is 7.11 Å². The fraction of sp³-hybridized carbons (Fsp3) is 0.121. The van der Waals surface area contributed by atoms with Crippen molar-refractivity contribution in [2.45, 2.75) is 12.5 Å². The molecular weight excluding hydrogens is 486 g/mol. The zero-order chi connectivity index (χ0) is 27.6. The van der Waals surface area contributed by atoms with Gasteiger partial charge in [0.1, 0.15) is 5.84 Å². The van der Waals surface area contributed by atoms with Crippen molar-refractivity contribution in [1.29, 1.82) is 5.41 Å². The van der Waals surface area contributed by atoms with Crippen LogP contribution in [0, 0.1) is 11.3 Å². The maximum Gasteiger partial charge on any atom is 0.311 e. The molecule has 4 aromatic rings. The van der Waals surface area contributed by atoms with Crippen LogP contribution in [0.25, 0.3) is 17.2 Å². The summed E-state index contributed by atoms with van der Waals surface area (Å²) in [6.45, 7) is 0. The summed E-state index contributed by atoms with van der Waals surface area (Å²) >= 11 is 0. The first kappa shape index (κ1) is 27.1. The molecule has 4 N–H and O–H groups in total. The third-order valence-corrected chi connectivity index (χ3v) is 6.48. The van der Waals surface area contributed by atoms with E-state index in [4.69, 9.17) is 15.9 Å². The van der Waals surface area contributed by atoms with Crippen LogP contribution in [0.1, 0.15) is 27.0 Å². The van der Waals surface area contributed by atoms with Crippen LogP contribution in [0.15, 0.2) is 115 Å². The van der Waals surface area contributed by atoms with Gasteiger partial charge in [-0.2, -0.15) is 0 Å². The van der Waals surface area contributed by atoms with E-state index in [1.807, 2.05) is 91.0 Å². The molecule has 6 nitrogen and oxygen atoms in total. The van der Waals surface area contributed by atoms with Crippen LogP contribution >= 0.6 is 0 Å². The number of hydrogen-bond donors (Lipinski definition) is 3. The van der Waals surface area contributed by atoms with Crippen LogP contribution in [-0.2, 0) is 16.0 Å². The number of nitrogens with one attached hydrogen (secondary N) is 2. The average molecular weight is 518 g/mol. The molecule has 2 atom stereocenters. The molecule has 4 rings (SSSR count). The second kappa shape index (κ2) is 13.0. The van der Waals surface area contributed by atoms with Gasteiger partial charge in [0.2, 0.25) is 0 Å². The van der Waals surface area contributed by atoms with Crippen LogP contribution in [0.4, 0.5) is 0 Å². The van der Waals surface area contributed by atoms with Gasteiger partial charge < -0.3 is 15.8 Å². The van der Waals surface area contributed by atoms with Gasteiger partial charge in [-0.1, -0.05) is 103 Å². The first-order valence-electron chi connectivity index (χ1n) is 12.7. The van der Waals surface area contributed by atoms with E-state index in [0.29, 0.717) is 11.1 Å². The first-order chi connectivity index (χ1) is 18.9. The second-order valence-corrected chi connectivity index (χ2v) is 9.16. The van der Waals surface area contributed by atoms with Crippen molar-refractivity contribution < 1.29 is 14.3 Å². The lowest BCUT2D eigenvalue weighted by Gasteiger charge is -2.24. The number of nitrogen functional groups attached to an aromatic ring is 1. The minimum Gasteiger partial charge on any atom is -0.469 e. The largest absolute Gasteiger partial charge is 0.469 e. The monoisotopic (exact) mass is 517 g/mol. The van der Waals surface area contributed by atoms with E-state index in [1.54, 1.807) is 30.3 Å². The van der Waals surface area contributed by atoms with Crippen LogP contribution in [0.2, 0.25) is 0 Å². The lowest BCUT2D eigenvalue weighted by atomic mass is 9.90. The van der Waals surface area contributed by atoms with Gasteiger partial charge in [-0.25, -0.2) is 0 Å².